The summed E-state index contributed by atoms with van der Waals surface area (Å²) in [7, 11) is 0. The van der Waals surface area contributed by atoms with Gasteiger partial charge in [0.1, 0.15) is 10.7 Å². The van der Waals surface area contributed by atoms with Crippen molar-refractivity contribution in [2.24, 2.45) is 5.84 Å². The van der Waals surface area contributed by atoms with Crippen molar-refractivity contribution >= 4 is 44.2 Å². The molecule has 0 spiro atoms. The third kappa shape index (κ3) is 2.73. The fourth-order valence-electron chi connectivity index (χ4n) is 1.12. The van der Waals surface area contributed by atoms with Gasteiger partial charge in [-0.25, -0.2) is 5.84 Å². The van der Waals surface area contributed by atoms with Crippen LogP contribution in [0.4, 0.5) is 5.00 Å². The fraction of sp³-hybridized carbons (Fsp3) is 0.111. The van der Waals surface area contributed by atoms with Crippen LogP contribution in [0.15, 0.2) is 33.6 Å². The number of thioether (sulfide) groups is 1. The quantitative estimate of drug-likeness (QED) is 0.516. The van der Waals surface area contributed by atoms with E-state index in [0.717, 1.165) is 20.9 Å². The van der Waals surface area contributed by atoms with Gasteiger partial charge in [0.15, 0.2) is 0 Å². The van der Waals surface area contributed by atoms with Crippen molar-refractivity contribution in [3.8, 4) is 0 Å². The number of nitrogens with one attached hydrogen (secondary N) is 1. The molecular weight excluding hydrogens is 308 g/mol. The number of aromatic nitrogens is 2. The van der Waals surface area contributed by atoms with Gasteiger partial charge < -0.3 is 5.43 Å². The molecular formula is C9H9BrN4S2. The molecule has 2 rings (SSSR count). The van der Waals surface area contributed by atoms with E-state index < -0.39 is 0 Å². The van der Waals surface area contributed by atoms with Crippen molar-refractivity contribution in [2.75, 3.05) is 5.43 Å². The van der Waals surface area contributed by atoms with E-state index >= 15 is 0 Å². The molecule has 16 heavy (non-hydrogen) atoms. The van der Waals surface area contributed by atoms with Crippen LogP contribution in [0.3, 0.4) is 0 Å². The van der Waals surface area contributed by atoms with Crippen LogP contribution in [0.5, 0.6) is 0 Å². The molecule has 0 saturated carbocycles. The van der Waals surface area contributed by atoms with E-state index in [-0.39, 0.29) is 0 Å². The molecule has 0 aliphatic heterocycles. The van der Waals surface area contributed by atoms with Crippen LogP contribution in [0.25, 0.3) is 0 Å². The Balaban J connectivity index is 2.05. The number of nitrogen functional groups attached to an aromatic ring is 1. The Morgan fingerprint density at radius 3 is 3.00 bits per heavy atom. The average Bonchev–Trinajstić information content (AvgIpc) is 2.75. The number of hydrogen-bond donors (Lipinski definition) is 2. The minimum Gasteiger partial charge on any atom is -0.313 e. The van der Waals surface area contributed by atoms with Crippen LogP contribution in [0, 0.1) is 0 Å². The first-order chi connectivity index (χ1) is 7.81. The summed E-state index contributed by atoms with van der Waals surface area (Å²) in [6.45, 7) is 0. The molecule has 0 atom stereocenters. The Hall–Kier alpha value is -0.630. The molecule has 1 heterocycles. The maximum absolute atomic E-state index is 5.36. The zero-order valence-electron chi connectivity index (χ0n) is 8.18. The van der Waals surface area contributed by atoms with E-state index in [4.69, 9.17) is 5.84 Å². The lowest BCUT2D eigenvalue weighted by molar-refractivity contribution is 1.07. The molecule has 0 aliphatic carbocycles. The number of nitrogens with zero attached hydrogens (tertiary/aromatic N) is 2. The van der Waals surface area contributed by atoms with Gasteiger partial charge in [0.25, 0.3) is 0 Å². The zero-order chi connectivity index (χ0) is 11.4. The second kappa shape index (κ2) is 5.62. The molecule has 0 amide bonds. The summed E-state index contributed by atoms with van der Waals surface area (Å²) in [6.07, 6.45) is 0. The third-order valence-corrected chi connectivity index (χ3v) is 4.63. The van der Waals surface area contributed by atoms with Gasteiger partial charge in [0, 0.05) is 26.7 Å². The van der Waals surface area contributed by atoms with Gasteiger partial charge in [-0.15, -0.1) is 16.9 Å². The number of nitrogens with two attached hydrogens (primary N) is 1. The third-order valence-electron chi connectivity index (χ3n) is 1.89. The van der Waals surface area contributed by atoms with Gasteiger partial charge in [-0.2, -0.15) is 0 Å². The van der Waals surface area contributed by atoms with Crippen LogP contribution in [0.1, 0.15) is 5.69 Å². The number of benzene rings is 1. The summed E-state index contributed by atoms with van der Waals surface area (Å²) in [5, 5.41) is 4.84. The lowest BCUT2D eigenvalue weighted by atomic mass is 10.4. The van der Waals surface area contributed by atoms with Crippen LogP contribution in [0.2, 0.25) is 0 Å². The second-order valence-electron chi connectivity index (χ2n) is 2.91. The number of hydrogen-bond acceptors (Lipinski definition) is 6. The molecule has 0 saturated heterocycles. The van der Waals surface area contributed by atoms with E-state index in [1.54, 1.807) is 11.8 Å². The van der Waals surface area contributed by atoms with Crippen LogP contribution >= 0.6 is 39.2 Å². The Labute approximate surface area is 110 Å². The van der Waals surface area contributed by atoms with Gasteiger partial charge in [0.2, 0.25) is 0 Å². The minimum atomic E-state index is 0.749. The van der Waals surface area contributed by atoms with Crippen LogP contribution < -0.4 is 11.3 Å². The molecule has 0 bridgehead atoms. The first-order valence-electron chi connectivity index (χ1n) is 4.46. The Bertz CT molecular complexity index is 474. The summed E-state index contributed by atoms with van der Waals surface area (Å²) in [5.41, 5.74) is 3.48. The molecule has 84 valence electrons. The van der Waals surface area contributed by atoms with E-state index in [0.29, 0.717) is 0 Å². The molecule has 0 radical (unpaired) electrons. The lowest BCUT2D eigenvalue weighted by Crippen LogP contribution is -2.06. The van der Waals surface area contributed by atoms with E-state index in [1.165, 1.54) is 16.4 Å². The molecule has 1 aromatic carbocycles. The molecule has 0 fully saturated rings. The maximum atomic E-state index is 5.36. The molecule has 7 heteroatoms. The zero-order valence-corrected chi connectivity index (χ0v) is 11.4. The summed E-state index contributed by atoms with van der Waals surface area (Å²) in [6, 6.07) is 8.08. The molecule has 4 nitrogen and oxygen atoms in total. The van der Waals surface area contributed by atoms with Crippen molar-refractivity contribution in [3.63, 3.8) is 0 Å². The lowest BCUT2D eigenvalue weighted by Gasteiger charge is -2.03. The monoisotopic (exact) mass is 316 g/mol. The van der Waals surface area contributed by atoms with Gasteiger partial charge in [0.05, 0.1) is 0 Å². The van der Waals surface area contributed by atoms with Crippen LogP contribution in [-0.4, -0.2) is 9.59 Å². The van der Waals surface area contributed by atoms with Crippen molar-refractivity contribution in [2.45, 2.75) is 10.6 Å². The smallest absolute Gasteiger partial charge is 0.148 e. The highest BCUT2D eigenvalue weighted by atomic mass is 79.9. The summed E-state index contributed by atoms with van der Waals surface area (Å²) in [5.74, 6) is 6.10. The highest BCUT2D eigenvalue weighted by Gasteiger charge is 2.08. The Kier molecular flexibility index (Phi) is 4.16. The highest BCUT2D eigenvalue weighted by Crippen LogP contribution is 2.31. The van der Waals surface area contributed by atoms with Crippen molar-refractivity contribution in [1.29, 1.82) is 0 Å². The van der Waals surface area contributed by atoms with Gasteiger partial charge in [-0.3, -0.25) is 0 Å². The van der Waals surface area contributed by atoms with E-state index in [1.807, 2.05) is 18.2 Å². The molecule has 1 aromatic heterocycles. The maximum Gasteiger partial charge on any atom is 0.148 e. The Morgan fingerprint density at radius 2 is 2.25 bits per heavy atom. The van der Waals surface area contributed by atoms with Gasteiger partial charge in [-0.05, 0) is 28.1 Å². The van der Waals surface area contributed by atoms with Gasteiger partial charge in [-0.1, -0.05) is 16.6 Å². The largest absolute Gasteiger partial charge is 0.313 e. The predicted octanol–water partition coefficient (Wildman–Crippen LogP) is 2.88. The number of hydrazine groups is 1. The van der Waals surface area contributed by atoms with Crippen molar-refractivity contribution in [1.82, 2.24) is 9.59 Å². The van der Waals surface area contributed by atoms with E-state index in [2.05, 4.69) is 37.0 Å². The second-order valence-corrected chi connectivity index (χ2v) is 5.54. The van der Waals surface area contributed by atoms with Crippen LogP contribution in [-0.2, 0) is 5.75 Å². The fourth-order valence-corrected chi connectivity index (χ4v) is 3.21. The summed E-state index contributed by atoms with van der Waals surface area (Å²) in [4.78, 5) is 1.18. The molecule has 2 aromatic rings. The van der Waals surface area contributed by atoms with Crippen molar-refractivity contribution in [3.05, 3.63) is 34.4 Å². The summed E-state index contributed by atoms with van der Waals surface area (Å²) < 4.78 is 4.94. The first kappa shape index (κ1) is 11.8. The molecule has 3 N–H and O–H groups in total. The minimum absolute atomic E-state index is 0.749. The number of halogens is 1. The SMILES string of the molecule is NNc1snnc1CSc1ccccc1Br. The normalized spacial score (nSPS) is 10.4. The van der Waals surface area contributed by atoms with Gasteiger partial charge >= 0.3 is 0 Å². The number of rotatable bonds is 4. The van der Waals surface area contributed by atoms with Crippen molar-refractivity contribution < 1.29 is 0 Å². The topological polar surface area (TPSA) is 63.8 Å². The standard InChI is InChI=1S/C9H9BrN4S2/c10-6-3-1-2-4-8(6)15-5-7-9(12-11)16-14-13-7/h1-4,12H,5,11H2. The predicted molar refractivity (Wildman–Crippen MR) is 71.4 cm³/mol. The summed E-state index contributed by atoms with van der Waals surface area (Å²) >= 11 is 6.46. The first-order valence-corrected chi connectivity index (χ1v) is 7.01. The average molecular weight is 317 g/mol. The Morgan fingerprint density at radius 1 is 1.44 bits per heavy atom. The van der Waals surface area contributed by atoms with E-state index in [9.17, 15) is 0 Å². The highest BCUT2D eigenvalue weighted by molar-refractivity contribution is 9.10. The molecule has 0 aliphatic rings. The molecule has 0 unspecified atom stereocenters. The number of anilines is 1.